The van der Waals surface area contributed by atoms with E-state index >= 15 is 0 Å². The maximum absolute atomic E-state index is 4.34. The lowest BCUT2D eigenvalue weighted by molar-refractivity contribution is 0.756. The number of nitrogens with one attached hydrogen (secondary N) is 1. The number of nitrogens with zero attached hydrogens (tertiary/aromatic N) is 2. The highest BCUT2D eigenvalue weighted by Crippen LogP contribution is 2.18. The zero-order valence-corrected chi connectivity index (χ0v) is 12.4. The first-order valence-electron chi connectivity index (χ1n) is 5.55. The van der Waals surface area contributed by atoms with E-state index in [4.69, 9.17) is 0 Å². The van der Waals surface area contributed by atoms with E-state index in [1.807, 2.05) is 18.7 Å². The van der Waals surface area contributed by atoms with Gasteiger partial charge in [0.05, 0.1) is 5.69 Å². The average molecular weight is 341 g/mol. The van der Waals surface area contributed by atoms with Gasteiger partial charge in [0.2, 0.25) is 0 Å². The van der Waals surface area contributed by atoms with Crippen molar-refractivity contribution < 1.29 is 0 Å². The summed E-state index contributed by atoms with van der Waals surface area (Å²) in [6, 6.07) is 6.42. The highest BCUT2D eigenvalue weighted by atomic mass is 127. The van der Waals surface area contributed by atoms with E-state index in [0.29, 0.717) is 0 Å². The first-order valence-corrected chi connectivity index (χ1v) is 6.63. The van der Waals surface area contributed by atoms with Crippen LogP contribution in [0.5, 0.6) is 0 Å². The van der Waals surface area contributed by atoms with Gasteiger partial charge in [-0.15, -0.1) is 0 Å². The van der Waals surface area contributed by atoms with Crippen molar-refractivity contribution in [3.05, 3.63) is 44.8 Å². The van der Waals surface area contributed by atoms with Crippen LogP contribution in [0.4, 0.5) is 5.69 Å². The topological polar surface area (TPSA) is 29.9 Å². The molecule has 4 heteroatoms. The van der Waals surface area contributed by atoms with Gasteiger partial charge < -0.3 is 5.32 Å². The Morgan fingerprint density at radius 1 is 1.35 bits per heavy atom. The Bertz CT molecular complexity index is 531. The Morgan fingerprint density at radius 3 is 2.71 bits per heavy atom. The summed E-state index contributed by atoms with van der Waals surface area (Å²) < 4.78 is 3.12. The summed E-state index contributed by atoms with van der Waals surface area (Å²) in [7, 11) is 1.95. The third-order valence-electron chi connectivity index (χ3n) is 2.77. The Hall–Kier alpha value is -1.04. The summed E-state index contributed by atoms with van der Waals surface area (Å²) in [4.78, 5) is 0. The first kappa shape index (κ1) is 12.4. The van der Waals surface area contributed by atoms with Crippen molar-refractivity contribution in [1.29, 1.82) is 0 Å². The first-order chi connectivity index (χ1) is 8.06. The Kier molecular flexibility index (Phi) is 3.71. The summed E-state index contributed by atoms with van der Waals surface area (Å²) in [6.07, 6.45) is 2.06. The maximum Gasteiger partial charge on any atom is 0.0643 e. The maximum atomic E-state index is 4.34. The molecule has 1 aromatic heterocycles. The van der Waals surface area contributed by atoms with Crippen LogP contribution in [-0.4, -0.2) is 9.78 Å². The van der Waals surface area contributed by atoms with Crippen molar-refractivity contribution in [2.24, 2.45) is 7.05 Å². The lowest BCUT2D eigenvalue weighted by Gasteiger charge is -2.09. The number of benzene rings is 1. The summed E-state index contributed by atoms with van der Waals surface area (Å²) in [5.74, 6) is 0. The molecule has 0 aliphatic rings. The van der Waals surface area contributed by atoms with E-state index < -0.39 is 0 Å². The van der Waals surface area contributed by atoms with Crippen molar-refractivity contribution in [1.82, 2.24) is 9.78 Å². The smallest absolute Gasteiger partial charge is 0.0643 e. The van der Waals surface area contributed by atoms with E-state index in [2.05, 4.69) is 64.3 Å². The van der Waals surface area contributed by atoms with Crippen LogP contribution in [0.3, 0.4) is 0 Å². The largest absolute Gasteiger partial charge is 0.381 e. The third kappa shape index (κ3) is 3.00. The van der Waals surface area contributed by atoms with E-state index in [1.165, 1.54) is 20.4 Å². The number of aromatic nitrogens is 2. The fraction of sp³-hybridized carbons (Fsp3) is 0.308. The van der Waals surface area contributed by atoms with Gasteiger partial charge in [-0.3, -0.25) is 4.68 Å². The van der Waals surface area contributed by atoms with Gasteiger partial charge in [0.15, 0.2) is 0 Å². The molecule has 0 amide bonds. The molecule has 1 N–H and O–H groups in total. The minimum absolute atomic E-state index is 0.821. The fourth-order valence-electron chi connectivity index (χ4n) is 1.84. The van der Waals surface area contributed by atoms with Crippen LogP contribution in [0.2, 0.25) is 0 Å². The highest BCUT2D eigenvalue weighted by Gasteiger charge is 2.04. The molecule has 0 spiro atoms. The van der Waals surface area contributed by atoms with Crippen LogP contribution in [-0.2, 0) is 13.6 Å². The molecule has 0 fully saturated rings. The molecule has 0 aliphatic heterocycles. The fourth-order valence-corrected chi connectivity index (χ4v) is 2.48. The van der Waals surface area contributed by atoms with Crippen LogP contribution in [0.25, 0.3) is 0 Å². The molecule has 3 nitrogen and oxygen atoms in total. The molecule has 2 aromatic rings. The van der Waals surface area contributed by atoms with E-state index in [0.717, 1.165) is 12.2 Å². The van der Waals surface area contributed by atoms with Crippen LogP contribution in [0, 0.1) is 17.4 Å². The second-order valence-corrected chi connectivity index (χ2v) is 5.47. The van der Waals surface area contributed by atoms with Crippen molar-refractivity contribution >= 4 is 28.3 Å². The molecule has 1 heterocycles. The molecule has 0 unspecified atom stereocenters. The molecule has 0 bridgehead atoms. The molecule has 0 saturated carbocycles. The number of rotatable bonds is 3. The van der Waals surface area contributed by atoms with Gasteiger partial charge >= 0.3 is 0 Å². The SMILES string of the molecule is Cc1cc(I)ccc1NCc1cn(C)nc1C. The number of halogens is 1. The summed E-state index contributed by atoms with van der Waals surface area (Å²) >= 11 is 2.33. The standard InChI is InChI=1S/C13H16IN3/c1-9-6-12(14)4-5-13(9)15-7-11-8-17(3)16-10(11)2/h4-6,8,15H,7H2,1-3H3. The van der Waals surface area contributed by atoms with Crippen molar-refractivity contribution in [2.75, 3.05) is 5.32 Å². The molecule has 0 saturated heterocycles. The molecule has 1 aromatic carbocycles. The van der Waals surface area contributed by atoms with Crippen LogP contribution < -0.4 is 5.32 Å². The molecule has 0 radical (unpaired) electrons. The summed E-state index contributed by atoms with van der Waals surface area (Å²) in [5, 5.41) is 7.79. The highest BCUT2D eigenvalue weighted by molar-refractivity contribution is 14.1. The average Bonchev–Trinajstić information content (AvgIpc) is 2.56. The third-order valence-corrected chi connectivity index (χ3v) is 3.44. The Balaban J connectivity index is 2.10. The van der Waals surface area contributed by atoms with Crippen LogP contribution in [0.15, 0.2) is 24.4 Å². The quantitative estimate of drug-likeness (QED) is 0.869. The van der Waals surface area contributed by atoms with Crippen molar-refractivity contribution in [2.45, 2.75) is 20.4 Å². The molecule has 90 valence electrons. The number of anilines is 1. The lowest BCUT2D eigenvalue weighted by Crippen LogP contribution is -2.01. The van der Waals surface area contributed by atoms with E-state index in [1.54, 1.807) is 0 Å². The second kappa shape index (κ2) is 5.08. The van der Waals surface area contributed by atoms with Gasteiger partial charge in [-0.2, -0.15) is 5.10 Å². The normalized spacial score (nSPS) is 10.6. The van der Waals surface area contributed by atoms with E-state index in [-0.39, 0.29) is 0 Å². The van der Waals surface area contributed by atoms with Gasteiger partial charge in [0, 0.05) is 34.6 Å². The predicted molar refractivity (Wildman–Crippen MR) is 79.2 cm³/mol. The number of hydrogen-bond donors (Lipinski definition) is 1. The molecule has 0 atom stereocenters. The molecule has 17 heavy (non-hydrogen) atoms. The van der Waals surface area contributed by atoms with Gasteiger partial charge in [0.1, 0.15) is 0 Å². The minimum atomic E-state index is 0.821. The van der Waals surface area contributed by atoms with Crippen LogP contribution >= 0.6 is 22.6 Å². The van der Waals surface area contributed by atoms with Gasteiger partial charge in [-0.25, -0.2) is 0 Å². The summed E-state index contributed by atoms with van der Waals surface area (Å²) in [6.45, 7) is 4.99. The van der Waals surface area contributed by atoms with Gasteiger partial charge in [-0.05, 0) is 60.2 Å². The molecular formula is C13H16IN3. The monoisotopic (exact) mass is 341 g/mol. The zero-order chi connectivity index (χ0) is 12.4. The van der Waals surface area contributed by atoms with E-state index in [9.17, 15) is 0 Å². The van der Waals surface area contributed by atoms with Crippen molar-refractivity contribution in [3.63, 3.8) is 0 Å². The summed E-state index contributed by atoms with van der Waals surface area (Å²) in [5.41, 5.74) is 4.79. The Labute approximate surface area is 115 Å². The van der Waals surface area contributed by atoms with Crippen LogP contribution in [0.1, 0.15) is 16.8 Å². The van der Waals surface area contributed by atoms with Crippen molar-refractivity contribution in [3.8, 4) is 0 Å². The van der Waals surface area contributed by atoms with Gasteiger partial charge in [0.25, 0.3) is 0 Å². The van der Waals surface area contributed by atoms with Gasteiger partial charge in [-0.1, -0.05) is 0 Å². The predicted octanol–water partition coefficient (Wildman–Crippen LogP) is 3.25. The second-order valence-electron chi connectivity index (χ2n) is 4.23. The minimum Gasteiger partial charge on any atom is -0.381 e. The molecule has 0 aliphatic carbocycles. The molecule has 2 rings (SSSR count). The number of hydrogen-bond acceptors (Lipinski definition) is 2. The lowest BCUT2D eigenvalue weighted by atomic mass is 10.2. The Morgan fingerprint density at radius 2 is 2.12 bits per heavy atom. The number of aryl methyl sites for hydroxylation is 3. The zero-order valence-electron chi connectivity index (χ0n) is 10.3. The molecular weight excluding hydrogens is 325 g/mol.